The Hall–Kier alpha value is -3.01. The third-order valence-electron chi connectivity index (χ3n) is 6.14. The smallest absolute Gasteiger partial charge is 0.273 e. The zero-order valence-corrected chi connectivity index (χ0v) is 21.2. The summed E-state index contributed by atoms with van der Waals surface area (Å²) >= 11 is 0. The van der Waals surface area contributed by atoms with Gasteiger partial charge in [-0.2, -0.15) is 5.10 Å². The van der Waals surface area contributed by atoms with E-state index in [2.05, 4.69) is 16.7 Å². The Morgan fingerprint density at radius 3 is 2.47 bits per heavy atom. The molecule has 1 N–H and O–H groups in total. The Morgan fingerprint density at radius 2 is 1.85 bits per heavy atom. The predicted octanol–water partition coefficient (Wildman–Crippen LogP) is 4.31. The van der Waals surface area contributed by atoms with Crippen molar-refractivity contribution in [3.63, 3.8) is 0 Å². The molecule has 3 rings (SSSR count). The Labute approximate surface area is 199 Å². The van der Waals surface area contributed by atoms with Crippen molar-refractivity contribution < 1.29 is 22.4 Å². The molecule has 1 saturated heterocycles. The number of nitrogens with one attached hydrogen (secondary N) is 1. The lowest BCUT2D eigenvalue weighted by Crippen LogP contribution is -2.41. The normalized spacial score (nSPS) is 18.5. The number of piperidine rings is 1. The summed E-state index contributed by atoms with van der Waals surface area (Å²) in [6.45, 7) is 9.72. The second-order valence-electron chi connectivity index (χ2n) is 9.26. The molecule has 2 heterocycles. The van der Waals surface area contributed by atoms with Crippen LogP contribution < -0.4 is 4.72 Å². The average molecular weight is 491 g/mol. The number of rotatable bonds is 5. The standard InChI is InChI=1S/C24H31FN4O4S/c1-14(2)17(5)23(30)29-16(4)12-21(26-29)22-11-15(3)9-10-28(22)24(31)19-13-18(25)7-8-20(19)27-34(6,32)33/h7-8,12-13,15,22,27H,9-11H2,1-6H3/t15-,22+/m0/s1. The fourth-order valence-corrected chi connectivity index (χ4v) is 4.62. The van der Waals surface area contributed by atoms with Crippen LogP contribution in [-0.2, 0) is 10.0 Å². The van der Waals surface area contributed by atoms with Crippen LogP contribution in [0.2, 0.25) is 0 Å². The van der Waals surface area contributed by atoms with Gasteiger partial charge in [0.25, 0.3) is 11.8 Å². The van der Waals surface area contributed by atoms with E-state index in [1.807, 2.05) is 13.8 Å². The van der Waals surface area contributed by atoms with Crippen LogP contribution in [0.4, 0.5) is 10.1 Å². The molecule has 184 valence electrons. The molecule has 10 heteroatoms. The van der Waals surface area contributed by atoms with Gasteiger partial charge < -0.3 is 4.90 Å². The molecule has 2 atom stereocenters. The van der Waals surface area contributed by atoms with Gasteiger partial charge in [-0.25, -0.2) is 17.5 Å². The van der Waals surface area contributed by atoms with Gasteiger partial charge in [-0.1, -0.05) is 12.5 Å². The molecular formula is C24H31FN4O4S. The summed E-state index contributed by atoms with van der Waals surface area (Å²) in [5, 5.41) is 4.55. The summed E-state index contributed by atoms with van der Waals surface area (Å²) in [4.78, 5) is 28.1. The lowest BCUT2D eigenvalue weighted by molar-refractivity contribution is 0.0552. The number of benzene rings is 1. The van der Waals surface area contributed by atoms with Crippen molar-refractivity contribution in [2.75, 3.05) is 17.5 Å². The van der Waals surface area contributed by atoms with Crippen LogP contribution in [0.3, 0.4) is 0 Å². The molecule has 0 unspecified atom stereocenters. The molecule has 0 bridgehead atoms. The largest absolute Gasteiger partial charge is 0.330 e. The number of hydrogen-bond acceptors (Lipinski definition) is 5. The topological polar surface area (TPSA) is 101 Å². The van der Waals surface area contributed by atoms with Crippen molar-refractivity contribution in [2.24, 2.45) is 5.92 Å². The molecule has 0 radical (unpaired) electrons. The van der Waals surface area contributed by atoms with Crippen molar-refractivity contribution in [3.05, 3.63) is 58.2 Å². The number of aryl methyl sites for hydroxylation is 1. The number of halogens is 1. The summed E-state index contributed by atoms with van der Waals surface area (Å²) < 4.78 is 41.3. The number of sulfonamides is 1. The predicted molar refractivity (Wildman–Crippen MR) is 129 cm³/mol. The maximum absolute atomic E-state index is 14.1. The molecule has 0 spiro atoms. The van der Waals surface area contributed by atoms with Crippen molar-refractivity contribution in [1.29, 1.82) is 0 Å². The molecular weight excluding hydrogens is 459 g/mol. The van der Waals surface area contributed by atoms with Gasteiger partial charge in [-0.15, -0.1) is 0 Å². The maximum atomic E-state index is 14.1. The van der Waals surface area contributed by atoms with Crippen molar-refractivity contribution in [3.8, 4) is 0 Å². The highest BCUT2D eigenvalue weighted by molar-refractivity contribution is 7.92. The van der Waals surface area contributed by atoms with E-state index in [4.69, 9.17) is 0 Å². The molecule has 1 fully saturated rings. The van der Waals surface area contributed by atoms with Gasteiger partial charge in [0.05, 0.1) is 29.2 Å². The van der Waals surface area contributed by atoms with Crippen LogP contribution >= 0.6 is 0 Å². The fraction of sp³-hybridized carbons (Fsp3) is 0.458. The Bertz CT molecular complexity index is 1260. The Morgan fingerprint density at radius 1 is 1.18 bits per heavy atom. The van der Waals surface area contributed by atoms with Gasteiger partial charge in [0.2, 0.25) is 10.0 Å². The van der Waals surface area contributed by atoms with Gasteiger partial charge in [0, 0.05) is 17.8 Å². The number of hydrogen-bond donors (Lipinski definition) is 1. The van der Waals surface area contributed by atoms with E-state index in [-0.39, 0.29) is 17.2 Å². The fourth-order valence-electron chi connectivity index (χ4n) is 4.04. The molecule has 1 amide bonds. The number of likely N-dealkylation sites (tertiary alicyclic amines) is 1. The number of aromatic nitrogens is 2. The van der Waals surface area contributed by atoms with Crippen molar-refractivity contribution in [2.45, 2.75) is 53.5 Å². The average Bonchev–Trinajstić information content (AvgIpc) is 3.13. The monoisotopic (exact) mass is 490 g/mol. The van der Waals surface area contributed by atoms with Gasteiger partial charge in [-0.3, -0.25) is 14.3 Å². The van der Waals surface area contributed by atoms with Gasteiger partial charge >= 0.3 is 0 Å². The Balaban J connectivity index is 2.03. The van der Waals surface area contributed by atoms with E-state index in [9.17, 15) is 22.4 Å². The number of allylic oxidation sites excluding steroid dienone is 2. The lowest BCUT2D eigenvalue weighted by Gasteiger charge is -2.38. The minimum Gasteiger partial charge on any atom is -0.330 e. The van der Waals surface area contributed by atoms with E-state index in [0.29, 0.717) is 35.8 Å². The van der Waals surface area contributed by atoms with Crippen LogP contribution in [0.15, 0.2) is 35.4 Å². The summed E-state index contributed by atoms with van der Waals surface area (Å²) in [5.74, 6) is -1.07. The van der Waals surface area contributed by atoms with Crippen LogP contribution in [-0.4, -0.2) is 47.7 Å². The quantitative estimate of drug-likeness (QED) is 0.630. The highest BCUT2D eigenvalue weighted by Gasteiger charge is 2.35. The van der Waals surface area contributed by atoms with E-state index in [1.54, 1.807) is 24.8 Å². The molecule has 2 aromatic rings. The minimum absolute atomic E-state index is 0.0161. The van der Waals surface area contributed by atoms with Crippen molar-refractivity contribution in [1.82, 2.24) is 14.7 Å². The summed E-state index contributed by atoms with van der Waals surface area (Å²) in [6.07, 6.45) is 2.32. The number of nitrogens with zero attached hydrogens (tertiary/aromatic N) is 3. The van der Waals surface area contributed by atoms with E-state index >= 15 is 0 Å². The summed E-state index contributed by atoms with van der Waals surface area (Å²) in [7, 11) is -3.68. The van der Waals surface area contributed by atoms with Gasteiger partial charge in [0.15, 0.2) is 0 Å². The number of anilines is 1. The highest BCUT2D eigenvalue weighted by atomic mass is 32.2. The molecule has 0 saturated carbocycles. The molecule has 34 heavy (non-hydrogen) atoms. The van der Waals surface area contributed by atoms with E-state index in [1.165, 1.54) is 10.7 Å². The lowest BCUT2D eigenvalue weighted by atomic mass is 9.90. The molecule has 0 aliphatic carbocycles. The molecule has 1 aromatic heterocycles. The first-order valence-corrected chi connectivity index (χ1v) is 13.0. The zero-order valence-electron chi connectivity index (χ0n) is 20.3. The van der Waals surface area contributed by atoms with E-state index < -0.39 is 27.8 Å². The van der Waals surface area contributed by atoms with Crippen LogP contribution in [0.25, 0.3) is 0 Å². The first-order chi connectivity index (χ1) is 15.8. The first-order valence-electron chi connectivity index (χ1n) is 11.1. The van der Waals surface area contributed by atoms with Gasteiger partial charge in [0.1, 0.15) is 5.82 Å². The second-order valence-corrected chi connectivity index (χ2v) is 11.0. The number of carbonyl (C=O) groups excluding carboxylic acids is 2. The summed E-state index contributed by atoms with van der Waals surface area (Å²) in [6, 6.07) is 4.73. The third kappa shape index (κ3) is 5.55. The third-order valence-corrected chi connectivity index (χ3v) is 6.73. The van der Waals surface area contributed by atoms with Crippen LogP contribution in [0, 0.1) is 18.7 Å². The number of amides is 1. The highest BCUT2D eigenvalue weighted by Crippen LogP contribution is 2.36. The molecule has 1 aromatic carbocycles. The Kier molecular flexibility index (Phi) is 7.30. The first kappa shape index (κ1) is 25.6. The van der Waals surface area contributed by atoms with E-state index in [0.717, 1.165) is 30.4 Å². The van der Waals surface area contributed by atoms with Gasteiger partial charge in [-0.05, 0) is 70.7 Å². The minimum atomic E-state index is -3.68. The SMILES string of the molecule is CC(C)=C(C)C(=O)n1nc([C@H]2C[C@@H](C)CCN2C(=O)c2cc(F)ccc2NS(C)(=O)=O)cc1C. The molecule has 1 aliphatic heterocycles. The van der Waals surface area contributed by atoms with Crippen molar-refractivity contribution >= 4 is 27.5 Å². The zero-order chi connectivity index (χ0) is 25.4. The molecule has 1 aliphatic rings. The van der Waals surface area contributed by atoms with Crippen LogP contribution in [0.5, 0.6) is 0 Å². The van der Waals surface area contributed by atoms with Crippen LogP contribution in [0.1, 0.15) is 73.1 Å². The maximum Gasteiger partial charge on any atom is 0.273 e. The molecule has 8 nitrogen and oxygen atoms in total. The summed E-state index contributed by atoms with van der Waals surface area (Å²) in [5.41, 5.74) is 2.65. The number of carbonyl (C=O) groups is 2. The second kappa shape index (κ2) is 9.69.